The van der Waals surface area contributed by atoms with Gasteiger partial charge in [0.25, 0.3) is 0 Å². The first kappa shape index (κ1) is 28.0. The van der Waals surface area contributed by atoms with Crippen LogP contribution in [0.5, 0.6) is 5.75 Å². The molecule has 0 aliphatic carbocycles. The standard InChI is InChI=1S/C15H16N2O.C12H11F3N4O/c1-3-11-8-15(17-10-11)12-4-5-14(16-2)13(9-12)6-7-18;1-7-10(16-2)3-8(4-17-7)11-18-5-9(6-19-11)20-12(13,14)15/h3-5,7,9-10,16H,1,6,8H2,2H3;3-6,16H,1-2H3. The lowest BCUT2D eigenvalue weighted by Gasteiger charge is -2.09. The van der Waals surface area contributed by atoms with Gasteiger partial charge in [-0.25, -0.2) is 9.97 Å². The average molecular weight is 525 g/mol. The van der Waals surface area contributed by atoms with Crippen LogP contribution in [-0.2, 0) is 11.2 Å². The third-order valence-electron chi connectivity index (χ3n) is 5.51. The number of rotatable bonds is 8. The normalized spacial score (nSPS) is 12.5. The van der Waals surface area contributed by atoms with E-state index >= 15 is 0 Å². The molecule has 1 aromatic carbocycles. The van der Waals surface area contributed by atoms with Crippen LogP contribution in [0.4, 0.5) is 24.5 Å². The van der Waals surface area contributed by atoms with Crippen LogP contribution in [0, 0.1) is 6.92 Å². The number of aldehydes is 1. The van der Waals surface area contributed by atoms with E-state index in [4.69, 9.17) is 0 Å². The highest BCUT2D eigenvalue weighted by Crippen LogP contribution is 2.25. The van der Waals surface area contributed by atoms with Gasteiger partial charge in [0.05, 0.1) is 29.5 Å². The number of alkyl halides is 3. The molecule has 4 rings (SSSR count). The Hall–Kier alpha value is -4.54. The van der Waals surface area contributed by atoms with Gasteiger partial charge in [-0.1, -0.05) is 18.7 Å². The first-order valence-electron chi connectivity index (χ1n) is 11.5. The summed E-state index contributed by atoms with van der Waals surface area (Å²) in [5, 5.41) is 6.05. The summed E-state index contributed by atoms with van der Waals surface area (Å²) in [5.74, 6) is -0.196. The number of anilines is 2. The van der Waals surface area contributed by atoms with Crippen LogP contribution in [0.2, 0.25) is 0 Å². The summed E-state index contributed by atoms with van der Waals surface area (Å²) in [6.45, 7) is 5.58. The maximum absolute atomic E-state index is 12.0. The Balaban J connectivity index is 0.000000212. The molecule has 0 saturated carbocycles. The molecule has 0 saturated heterocycles. The minimum absolute atomic E-state index is 0.267. The van der Waals surface area contributed by atoms with Gasteiger partial charge in [-0.15, -0.1) is 13.2 Å². The van der Waals surface area contributed by atoms with Crippen molar-refractivity contribution in [2.75, 3.05) is 24.7 Å². The fourth-order valence-corrected chi connectivity index (χ4v) is 3.58. The predicted molar refractivity (Wildman–Crippen MR) is 141 cm³/mol. The number of aromatic nitrogens is 3. The summed E-state index contributed by atoms with van der Waals surface area (Å²) in [6.07, 6.45) is 4.54. The average Bonchev–Trinajstić information content (AvgIpc) is 3.39. The molecular formula is C27H27F3N6O2. The molecule has 0 atom stereocenters. The quantitative estimate of drug-likeness (QED) is 0.374. The number of allylic oxidation sites excluding steroid dienone is 2. The first-order chi connectivity index (χ1) is 18.2. The molecule has 2 N–H and O–H groups in total. The SMILES string of the molecule is C=CC1=CN=C(c2ccc(NC)c(CC=O)c2)C1.CNc1cc(-c2ncc(OC(F)(F)F)cn2)cnc1C. The first-order valence-corrected chi connectivity index (χ1v) is 11.5. The van der Waals surface area contributed by atoms with E-state index < -0.39 is 12.1 Å². The largest absolute Gasteiger partial charge is 0.573 e. The number of carbonyl (C=O) groups is 1. The second kappa shape index (κ2) is 12.6. The molecule has 0 unspecified atom stereocenters. The number of carbonyl (C=O) groups excluding carboxylic acids is 1. The number of benzene rings is 1. The van der Waals surface area contributed by atoms with Crippen LogP contribution in [0.15, 0.2) is 72.3 Å². The van der Waals surface area contributed by atoms with Crippen molar-refractivity contribution in [3.8, 4) is 17.1 Å². The van der Waals surface area contributed by atoms with Gasteiger partial charge < -0.3 is 20.2 Å². The van der Waals surface area contributed by atoms with Crippen LogP contribution in [0.3, 0.4) is 0 Å². The summed E-state index contributed by atoms with van der Waals surface area (Å²) in [4.78, 5) is 26.9. The minimum Gasteiger partial charge on any atom is -0.402 e. The zero-order valence-electron chi connectivity index (χ0n) is 21.1. The van der Waals surface area contributed by atoms with Gasteiger partial charge in [-0.2, -0.15) is 0 Å². The fraction of sp³-hybridized carbons (Fsp3) is 0.222. The Morgan fingerprint density at radius 1 is 1.03 bits per heavy atom. The Labute approximate surface area is 218 Å². The van der Waals surface area contributed by atoms with Crippen LogP contribution >= 0.6 is 0 Å². The second-order valence-electron chi connectivity index (χ2n) is 8.05. The van der Waals surface area contributed by atoms with Gasteiger partial charge in [-0.05, 0) is 41.8 Å². The highest BCUT2D eigenvalue weighted by Gasteiger charge is 2.31. The van der Waals surface area contributed by atoms with Crippen LogP contribution < -0.4 is 15.4 Å². The molecule has 38 heavy (non-hydrogen) atoms. The van der Waals surface area contributed by atoms with E-state index in [1.807, 2.05) is 44.4 Å². The van der Waals surface area contributed by atoms with Crippen molar-refractivity contribution in [2.45, 2.75) is 26.1 Å². The molecule has 198 valence electrons. The molecule has 8 nitrogen and oxygen atoms in total. The number of ether oxygens (including phenoxy) is 1. The fourth-order valence-electron chi connectivity index (χ4n) is 3.58. The van der Waals surface area contributed by atoms with E-state index in [1.54, 1.807) is 19.3 Å². The molecule has 1 aliphatic rings. The summed E-state index contributed by atoms with van der Waals surface area (Å²) < 4.78 is 39.7. The number of hydrogen-bond acceptors (Lipinski definition) is 8. The van der Waals surface area contributed by atoms with E-state index in [0.29, 0.717) is 12.0 Å². The van der Waals surface area contributed by atoms with Crippen molar-refractivity contribution < 1.29 is 22.7 Å². The molecule has 0 amide bonds. The molecule has 3 aromatic rings. The molecule has 0 spiro atoms. The minimum atomic E-state index is -4.75. The Kier molecular flexibility index (Phi) is 9.31. The molecule has 0 fully saturated rings. The van der Waals surface area contributed by atoms with E-state index in [-0.39, 0.29) is 5.82 Å². The van der Waals surface area contributed by atoms with Crippen LogP contribution in [0.1, 0.15) is 23.2 Å². The lowest BCUT2D eigenvalue weighted by atomic mass is 10.00. The number of nitrogens with one attached hydrogen (secondary N) is 2. The van der Waals surface area contributed by atoms with Gasteiger partial charge in [-0.3, -0.25) is 9.98 Å². The van der Waals surface area contributed by atoms with E-state index in [2.05, 4.69) is 41.9 Å². The number of aliphatic imine (C=N–C) groups is 1. The highest BCUT2D eigenvalue weighted by atomic mass is 19.4. The van der Waals surface area contributed by atoms with Crippen molar-refractivity contribution in [2.24, 2.45) is 4.99 Å². The smallest absolute Gasteiger partial charge is 0.402 e. The third-order valence-corrected chi connectivity index (χ3v) is 5.51. The predicted octanol–water partition coefficient (Wildman–Crippen LogP) is 5.52. The van der Waals surface area contributed by atoms with Crippen LogP contribution in [0.25, 0.3) is 11.4 Å². The Bertz CT molecular complexity index is 1350. The second-order valence-corrected chi connectivity index (χ2v) is 8.05. The molecule has 2 aromatic heterocycles. The van der Waals surface area contributed by atoms with Crippen molar-refractivity contribution in [1.82, 2.24) is 15.0 Å². The molecule has 11 heteroatoms. The summed E-state index contributed by atoms with van der Waals surface area (Å²) in [5.41, 5.74) is 7.40. The number of nitrogens with zero attached hydrogens (tertiary/aromatic N) is 4. The van der Waals surface area contributed by atoms with Gasteiger partial charge in [0.15, 0.2) is 11.6 Å². The number of hydrogen-bond donors (Lipinski definition) is 2. The lowest BCUT2D eigenvalue weighted by Crippen LogP contribution is -2.17. The Morgan fingerprint density at radius 3 is 2.32 bits per heavy atom. The summed E-state index contributed by atoms with van der Waals surface area (Å²) in [7, 11) is 3.60. The lowest BCUT2D eigenvalue weighted by molar-refractivity contribution is -0.274. The maximum atomic E-state index is 12.0. The van der Waals surface area contributed by atoms with E-state index in [9.17, 15) is 18.0 Å². The number of halogens is 3. The molecule has 0 radical (unpaired) electrons. The zero-order valence-corrected chi connectivity index (χ0v) is 21.1. The number of aryl methyl sites for hydroxylation is 1. The summed E-state index contributed by atoms with van der Waals surface area (Å²) in [6, 6.07) is 7.81. The maximum Gasteiger partial charge on any atom is 0.573 e. The van der Waals surface area contributed by atoms with E-state index in [0.717, 1.165) is 64.6 Å². The van der Waals surface area contributed by atoms with Gasteiger partial charge in [0.1, 0.15) is 6.29 Å². The van der Waals surface area contributed by atoms with Crippen molar-refractivity contribution in [1.29, 1.82) is 0 Å². The number of pyridine rings is 1. The van der Waals surface area contributed by atoms with E-state index in [1.165, 1.54) is 0 Å². The van der Waals surface area contributed by atoms with Crippen molar-refractivity contribution >= 4 is 23.4 Å². The monoisotopic (exact) mass is 524 g/mol. The zero-order chi connectivity index (χ0) is 27.7. The van der Waals surface area contributed by atoms with Gasteiger partial charge >= 0.3 is 6.36 Å². The van der Waals surface area contributed by atoms with Gasteiger partial charge in [0.2, 0.25) is 0 Å². The molecule has 1 aliphatic heterocycles. The summed E-state index contributed by atoms with van der Waals surface area (Å²) >= 11 is 0. The molecule has 0 bridgehead atoms. The molecular weight excluding hydrogens is 497 g/mol. The van der Waals surface area contributed by atoms with Crippen molar-refractivity contribution in [3.63, 3.8) is 0 Å². The van der Waals surface area contributed by atoms with Crippen molar-refractivity contribution in [3.05, 3.63) is 84.1 Å². The third kappa shape index (κ3) is 7.48. The van der Waals surface area contributed by atoms with Crippen LogP contribution in [-0.4, -0.2) is 47.4 Å². The highest BCUT2D eigenvalue weighted by molar-refractivity contribution is 6.04. The molecule has 3 heterocycles. The Morgan fingerprint density at radius 2 is 1.74 bits per heavy atom. The topological polar surface area (TPSA) is 101 Å². The van der Waals surface area contributed by atoms with Gasteiger partial charge in [0, 0.05) is 50.6 Å².